The largest absolute Gasteiger partial charge is 0.487 e. The minimum absolute atomic E-state index is 0.0493. The minimum atomic E-state index is -0.873. The van der Waals surface area contributed by atoms with Crippen LogP contribution in [0.2, 0.25) is 0 Å². The van der Waals surface area contributed by atoms with Gasteiger partial charge >= 0.3 is 0 Å². The first-order chi connectivity index (χ1) is 9.61. The third-order valence-electron chi connectivity index (χ3n) is 2.98. The van der Waals surface area contributed by atoms with Crippen LogP contribution < -0.4 is 4.74 Å². The number of halogens is 1. The Bertz CT molecular complexity index is 632. The van der Waals surface area contributed by atoms with E-state index in [2.05, 4.69) is 0 Å². The quantitative estimate of drug-likeness (QED) is 0.929. The van der Waals surface area contributed by atoms with Crippen molar-refractivity contribution < 1.29 is 14.2 Å². The smallest absolute Gasteiger partial charge is 0.167 e. The maximum atomic E-state index is 13.7. The molecule has 0 aliphatic heterocycles. The van der Waals surface area contributed by atoms with E-state index in [1.165, 1.54) is 6.07 Å². The third-order valence-corrected chi connectivity index (χ3v) is 2.98. The summed E-state index contributed by atoms with van der Waals surface area (Å²) >= 11 is 0. The molecule has 1 N–H and O–H groups in total. The van der Waals surface area contributed by atoms with Crippen molar-refractivity contribution in [2.45, 2.75) is 13.0 Å². The zero-order valence-electron chi connectivity index (χ0n) is 11.0. The van der Waals surface area contributed by atoms with Crippen LogP contribution in [0, 0.1) is 24.1 Å². The Morgan fingerprint density at radius 2 is 1.95 bits per heavy atom. The van der Waals surface area contributed by atoms with Crippen LogP contribution in [0.5, 0.6) is 5.75 Å². The number of nitrogens with zero attached hydrogens (tertiary/aromatic N) is 1. The van der Waals surface area contributed by atoms with Crippen LogP contribution in [-0.4, -0.2) is 11.7 Å². The second-order valence-electron chi connectivity index (χ2n) is 4.45. The number of rotatable bonds is 4. The van der Waals surface area contributed by atoms with E-state index in [1.54, 1.807) is 43.3 Å². The molecule has 1 atom stereocenters. The Labute approximate surface area is 116 Å². The van der Waals surface area contributed by atoms with Gasteiger partial charge in [-0.05, 0) is 36.2 Å². The SMILES string of the molecule is Cc1cccc(OCC(O)c2ccc(C#N)cc2)c1F. The van der Waals surface area contributed by atoms with E-state index in [1.807, 2.05) is 6.07 Å². The third kappa shape index (κ3) is 3.14. The summed E-state index contributed by atoms with van der Waals surface area (Å²) in [5.74, 6) is -0.294. The molecule has 0 aliphatic rings. The lowest BCUT2D eigenvalue weighted by Crippen LogP contribution is -2.10. The topological polar surface area (TPSA) is 53.2 Å². The van der Waals surface area contributed by atoms with Crippen LogP contribution in [0.25, 0.3) is 0 Å². The van der Waals surface area contributed by atoms with Crippen LogP contribution in [0.4, 0.5) is 4.39 Å². The molecule has 2 aromatic carbocycles. The summed E-state index contributed by atoms with van der Waals surface area (Å²) in [4.78, 5) is 0. The predicted octanol–water partition coefficient (Wildman–Crippen LogP) is 3.12. The average molecular weight is 271 g/mol. The van der Waals surface area contributed by atoms with Crippen LogP contribution in [0.1, 0.15) is 22.8 Å². The van der Waals surface area contributed by atoms with Crippen molar-refractivity contribution in [1.82, 2.24) is 0 Å². The molecule has 2 aromatic rings. The van der Waals surface area contributed by atoms with E-state index in [0.717, 1.165) is 0 Å². The molecular weight excluding hydrogens is 257 g/mol. The molecule has 0 fully saturated rings. The maximum absolute atomic E-state index is 13.7. The Hall–Kier alpha value is -2.38. The van der Waals surface area contributed by atoms with Gasteiger partial charge in [-0.25, -0.2) is 4.39 Å². The molecule has 102 valence electrons. The van der Waals surface area contributed by atoms with Crippen molar-refractivity contribution in [3.05, 3.63) is 65.0 Å². The Kier molecular flexibility index (Phi) is 4.34. The molecule has 2 rings (SSSR count). The summed E-state index contributed by atoms with van der Waals surface area (Å²) in [6, 6.07) is 13.4. The molecule has 20 heavy (non-hydrogen) atoms. The normalized spacial score (nSPS) is 11.7. The molecule has 0 radical (unpaired) electrons. The van der Waals surface area contributed by atoms with Crippen molar-refractivity contribution in [2.24, 2.45) is 0 Å². The minimum Gasteiger partial charge on any atom is -0.487 e. The second-order valence-corrected chi connectivity index (χ2v) is 4.45. The van der Waals surface area contributed by atoms with Gasteiger partial charge in [-0.2, -0.15) is 5.26 Å². The number of aliphatic hydroxyl groups excluding tert-OH is 1. The monoisotopic (exact) mass is 271 g/mol. The summed E-state index contributed by atoms with van der Waals surface area (Å²) in [5, 5.41) is 18.7. The number of hydrogen-bond donors (Lipinski definition) is 1. The lowest BCUT2D eigenvalue weighted by atomic mass is 10.1. The highest BCUT2D eigenvalue weighted by Gasteiger charge is 2.11. The summed E-state index contributed by atoms with van der Waals surface area (Å²) < 4.78 is 19.0. The van der Waals surface area contributed by atoms with E-state index in [4.69, 9.17) is 10.00 Å². The maximum Gasteiger partial charge on any atom is 0.167 e. The molecule has 4 heteroatoms. The Morgan fingerprint density at radius 3 is 2.60 bits per heavy atom. The summed E-state index contributed by atoms with van der Waals surface area (Å²) in [6.45, 7) is 1.60. The fourth-order valence-corrected chi connectivity index (χ4v) is 1.78. The lowest BCUT2D eigenvalue weighted by molar-refractivity contribution is 0.106. The zero-order chi connectivity index (χ0) is 14.5. The first-order valence-electron chi connectivity index (χ1n) is 6.18. The van der Waals surface area contributed by atoms with Crippen molar-refractivity contribution in [3.63, 3.8) is 0 Å². The Balaban J connectivity index is 2.03. The van der Waals surface area contributed by atoms with Gasteiger partial charge in [0.15, 0.2) is 11.6 Å². The average Bonchev–Trinajstić information content (AvgIpc) is 2.48. The first-order valence-corrected chi connectivity index (χ1v) is 6.18. The summed E-state index contributed by atoms with van der Waals surface area (Å²) in [5.41, 5.74) is 1.64. The van der Waals surface area contributed by atoms with Crippen LogP contribution in [0.3, 0.4) is 0 Å². The molecule has 3 nitrogen and oxygen atoms in total. The Morgan fingerprint density at radius 1 is 1.25 bits per heavy atom. The number of ether oxygens (including phenoxy) is 1. The molecule has 1 unspecified atom stereocenters. The number of nitriles is 1. The van der Waals surface area contributed by atoms with E-state index >= 15 is 0 Å². The van der Waals surface area contributed by atoms with Crippen LogP contribution in [0.15, 0.2) is 42.5 Å². The van der Waals surface area contributed by atoms with Gasteiger partial charge in [0.05, 0.1) is 11.6 Å². The highest BCUT2D eigenvalue weighted by Crippen LogP contribution is 2.22. The number of hydrogen-bond acceptors (Lipinski definition) is 3. The lowest BCUT2D eigenvalue weighted by Gasteiger charge is -2.13. The molecule has 0 aromatic heterocycles. The molecule has 0 saturated carbocycles. The van der Waals surface area contributed by atoms with Crippen molar-refractivity contribution in [2.75, 3.05) is 6.61 Å². The fourth-order valence-electron chi connectivity index (χ4n) is 1.78. The predicted molar refractivity (Wildman–Crippen MR) is 72.7 cm³/mol. The van der Waals surface area contributed by atoms with Gasteiger partial charge in [0.1, 0.15) is 12.7 Å². The van der Waals surface area contributed by atoms with E-state index in [0.29, 0.717) is 16.7 Å². The van der Waals surface area contributed by atoms with Gasteiger partial charge in [0.2, 0.25) is 0 Å². The van der Waals surface area contributed by atoms with E-state index in [-0.39, 0.29) is 12.4 Å². The van der Waals surface area contributed by atoms with Crippen LogP contribution in [-0.2, 0) is 0 Å². The fraction of sp³-hybridized carbons (Fsp3) is 0.188. The number of aryl methyl sites for hydroxylation is 1. The number of aliphatic hydroxyl groups is 1. The van der Waals surface area contributed by atoms with Gasteiger partial charge in [0.25, 0.3) is 0 Å². The zero-order valence-corrected chi connectivity index (χ0v) is 11.0. The van der Waals surface area contributed by atoms with E-state index < -0.39 is 11.9 Å². The molecule has 0 spiro atoms. The molecule has 0 heterocycles. The summed E-state index contributed by atoms with van der Waals surface area (Å²) in [7, 11) is 0. The van der Waals surface area contributed by atoms with Gasteiger partial charge in [0, 0.05) is 0 Å². The van der Waals surface area contributed by atoms with E-state index in [9.17, 15) is 9.50 Å². The molecule has 0 aliphatic carbocycles. The van der Waals surface area contributed by atoms with Crippen molar-refractivity contribution in [3.8, 4) is 11.8 Å². The molecule has 0 saturated heterocycles. The highest BCUT2D eigenvalue weighted by molar-refractivity contribution is 5.33. The van der Waals surface area contributed by atoms with Gasteiger partial charge < -0.3 is 9.84 Å². The standard InChI is InChI=1S/C16H14FNO2/c1-11-3-2-4-15(16(11)17)20-10-14(19)13-7-5-12(9-18)6-8-13/h2-8,14,19H,10H2,1H3. The van der Waals surface area contributed by atoms with Crippen molar-refractivity contribution >= 4 is 0 Å². The van der Waals surface area contributed by atoms with Crippen molar-refractivity contribution in [1.29, 1.82) is 5.26 Å². The van der Waals surface area contributed by atoms with Gasteiger partial charge in [-0.15, -0.1) is 0 Å². The summed E-state index contributed by atoms with van der Waals surface area (Å²) in [6.07, 6.45) is -0.873. The molecular formula is C16H14FNO2. The number of benzene rings is 2. The highest BCUT2D eigenvalue weighted by atomic mass is 19.1. The van der Waals surface area contributed by atoms with Gasteiger partial charge in [-0.3, -0.25) is 0 Å². The molecule has 0 amide bonds. The van der Waals surface area contributed by atoms with Crippen LogP contribution >= 0.6 is 0 Å². The first kappa shape index (κ1) is 14.0. The second kappa shape index (κ2) is 6.18. The van der Waals surface area contributed by atoms with Gasteiger partial charge in [-0.1, -0.05) is 24.3 Å². The molecule has 0 bridgehead atoms.